The summed E-state index contributed by atoms with van der Waals surface area (Å²) < 4.78 is 32.0. The molecule has 0 spiro atoms. The number of hydrogen-bond acceptors (Lipinski definition) is 9. The molecular formula is C20H22FN5O5. The lowest BCUT2D eigenvalue weighted by atomic mass is 10.1. The predicted molar refractivity (Wildman–Crippen MR) is 106 cm³/mol. The Hall–Kier alpha value is -2.86. The third-order valence-corrected chi connectivity index (χ3v) is 5.48. The number of ether oxygens (including phenoxy) is 3. The molecule has 0 amide bonds. The van der Waals surface area contributed by atoms with E-state index in [-0.39, 0.29) is 18.4 Å². The lowest BCUT2D eigenvalue weighted by molar-refractivity contribution is -0.0477. The Labute approximate surface area is 176 Å². The molecule has 164 valence electrons. The van der Waals surface area contributed by atoms with E-state index in [0.717, 1.165) is 6.42 Å². The third-order valence-electron chi connectivity index (χ3n) is 5.48. The maximum Gasteiger partial charge on any atom is 0.167 e. The van der Waals surface area contributed by atoms with Crippen LogP contribution in [0.5, 0.6) is 5.75 Å². The maximum absolute atomic E-state index is 13.8. The van der Waals surface area contributed by atoms with Crippen LogP contribution in [-0.2, 0) is 9.47 Å². The number of hydrogen-bond donors (Lipinski definition) is 3. The second-order valence-electron chi connectivity index (χ2n) is 7.54. The van der Waals surface area contributed by atoms with E-state index in [1.54, 1.807) is 16.7 Å². The standard InChI is InChI=1S/C20H22FN5O5/c21-12-3-1-2-4-13(12)30-8-14-16(27)17(28)20(31-14)26-10-24-15-18(22-9-23-19(15)26)25-11-5-6-29-7-11/h1-4,9-11,14,16-17,20,27-28H,5-8H2,(H,22,23,25). The summed E-state index contributed by atoms with van der Waals surface area (Å²) in [5.74, 6) is 0.0903. The van der Waals surface area contributed by atoms with Crippen molar-refractivity contribution in [2.45, 2.75) is 37.0 Å². The summed E-state index contributed by atoms with van der Waals surface area (Å²) in [6.07, 6.45) is -0.539. The predicted octanol–water partition coefficient (Wildman–Crippen LogP) is 0.864. The summed E-state index contributed by atoms with van der Waals surface area (Å²) in [6, 6.07) is 6.09. The zero-order valence-electron chi connectivity index (χ0n) is 16.5. The summed E-state index contributed by atoms with van der Waals surface area (Å²) in [7, 11) is 0. The highest BCUT2D eigenvalue weighted by atomic mass is 19.1. The average Bonchev–Trinajstić information content (AvgIpc) is 3.50. The molecule has 2 aliphatic heterocycles. The van der Waals surface area contributed by atoms with E-state index < -0.39 is 30.4 Å². The molecule has 2 saturated heterocycles. The molecule has 4 heterocycles. The monoisotopic (exact) mass is 431 g/mol. The number of nitrogens with one attached hydrogen (secondary N) is 1. The number of halogens is 1. The average molecular weight is 431 g/mol. The number of benzene rings is 1. The van der Waals surface area contributed by atoms with Crippen LogP contribution in [-0.4, -0.2) is 73.9 Å². The molecule has 5 unspecified atom stereocenters. The largest absolute Gasteiger partial charge is 0.488 e. The summed E-state index contributed by atoms with van der Waals surface area (Å²) >= 11 is 0. The van der Waals surface area contributed by atoms with E-state index >= 15 is 0 Å². The van der Waals surface area contributed by atoms with Gasteiger partial charge in [0.15, 0.2) is 34.8 Å². The normalized spacial score (nSPS) is 28.3. The molecular weight excluding hydrogens is 409 g/mol. The molecule has 2 fully saturated rings. The van der Waals surface area contributed by atoms with Crippen molar-refractivity contribution in [3.8, 4) is 5.75 Å². The fourth-order valence-corrected chi connectivity index (χ4v) is 3.82. The first-order chi connectivity index (χ1) is 15.1. The van der Waals surface area contributed by atoms with E-state index in [9.17, 15) is 14.6 Å². The van der Waals surface area contributed by atoms with Crippen LogP contribution in [0.2, 0.25) is 0 Å². The topological polar surface area (TPSA) is 124 Å². The van der Waals surface area contributed by atoms with Gasteiger partial charge in [0.2, 0.25) is 0 Å². The first-order valence-electron chi connectivity index (χ1n) is 10.0. The maximum atomic E-state index is 13.8. The molecule has 0 aliphatic carbocycles. The molecule has 0 radical (unpaired) electrons. The van der Waals surface area contributed by atoms with Gasteiger partial charge in [0.05, 0.1) is 19.0 Å². The smallest absolute Gasteiger partial charge is 0.167 e. The molecule has 3 N–H and O–H groups in total. The zero-order valence-corrected chi connectivity index (χ0v) is 16.5. The van der Waals surface area contributed by atoms with E-state index in [1.807, 2.05) is 0 Å². The highest BCUT2D eigenvalue weighted by molar-refractivity contribution is 5.82. The van der Waals surface area contributed by atoms with Crippen LogP contribution in [0, 0.1) is 5.82 Å². The van der Waals surface area contributed by atoms with Crippen molar-refractivity contribution in [2.75, 3.05) is 25.1 Å². The Bertz CT molecular complexity index is 1060. The first kappa shape index (κ1) is 20.1. The molecule has 5 atom stereocenters. The van der Waals surface area contributed by atoms with Gasteiger partial charge < -0.3 is 29.7 Å². The quantitative estimate of drug-likeness (QED) is 0.521. The van der Waals surface area contributed by atoms with Gasteiger partial charge in [0, 0.05) is 6.61 Å². The van der Waals surface area contributed by atoms with Crippen molar-refractivity contribution < 1.29 is 28.8 Å². The number of para-hydroxylation sites is 1. The van der Waals surface area contributed by atoms with Crippen LogP contribution in [0.4, 0.5) is 10.2 Å². The Balaban J connectivity index is 1.34. The number of aliphatic hydroxyl groups is 2. The van der Waals surface area contributed by atoms with Crippen LogP contribution in [0.25, 0.3) is 11.2 Å². The first-order valence-corrected chi connectivity index (χ1v) is 10.0. The van der Waals surface area contributed by atoms with Crippen LogP contribution in [0.15, 0.2) is 36.9 Å². The van der Waals surface area contributed by atoms with Gasteiger partial charge in [0.25, 0.3) is 0 Å². The van der Waals surface area contributed by atoms with Gasteiger partial charge in [-0.1, -0.05) is 12.1 Å². The molecule has 1 aromatic carbocycles. The molecule has 2 aromatic heterocycles. The van der Waals surface area contributed by atoms with E-state index in [1.165, 1.54) is 24.8 Å². The number of aliphatic hydroxyl groups excluding tert-OH is 2. The van der Waals surface area contributed by atoms with Crippen molar-refractivity contribution in [1.29, 1.82) is 0 Å². The van der Waals surface area contributed by atoms with Crippen molar-refractivity contribution >= 4 is 17.0 Å². The molecule has 10 nitrogen and oxygen atoms in total. The van der Waals surface area contributed by atoms with Gasteiger partial charge in [-0.25, -0.2) is 19.3 Å². The molecule has 0 bridgehead atoms. The lowest BCUT2D eigenvalue weighted by Gasteiger charge is -2.17. The van der Waals surface area contributed by atoms with Gasteiger partial charge in [-0.2, -0.15) is 0 Å². The minimum Gasteiger partial charge on any atom is -0.488 e. The number of rotatable bonds is 6. The minimum absolute atomic E-state index is 0.0451. The fraction of sp³-hybridized carbons (Fsp3) is 0.450. The Morgan fingerprint density at radius 3 is 2.87 bits per heavy atom. The van der Waals surface area contributed by atoms with Crippen molar-refractivity contribution in [3.05, 3.63) is 42.7 Å². The van der Waals surface area contributed by atoms with Crippen LogP contribution >= 0.6 is 0 Å². The summed E-state index contributed by atoms with van der Waals surface area (Å²) in [5, 5.41) is 24.3. The Morgan fingerprint density at radius 1 is 1.19 bits per heavy atom. The van der Waals surface area contributed by atoms with Gasteiger partial charge in [-0.15, -0.1) is 0 Å². The minimum atomic E-state index is -1.25. The number of imidazole rings is 1. The second kappa shape index (κ2) is 8.35. The molecule has 31 heavy (non-hydrogen) atoms. The summed E-state index contributed by atoms with van der Waals surface area (Å²) in [5.41, 5.74) is 0.967. The lowest BCUT2D eigenvalue weighted by Crippen LogP contribution is -2.34. The van der Waals surface area contributed by atoms with Gasteiger partial charge in [-0.05, 0) is 18.6 Å². The van der Waals surface area contributed by atoms with Crippen LogP contribution in [0.3, 0.4) is 0 Å². The third kappa shape index (κ3) is 3.81. The Kier molecular flexibility index (Phi) is 5.40. The number of nitrogens with zero attached hydrogens (tertiary/aromatic N) is 4. The summed E-state index contributed by atoms with van der Waals surface area (Å²) in [4.78, 5) is 12.9. The molecule has 2 aliphatic rings. The van der Waals surface area contributed by atoms with Gasteiger partial charge in [0.1, 0.15) is 31.2 Å². The molecule has 11 heteroatoms. The van der Waals surface area contributed by atoms with E-state index in [0.29, 0.717) is 30.2 Å². The van der Waals surface area contributed by atoms with Crippen LogP contribution in [0.1, 0.15) is 12.6 Å². The van der Waals surface area contributed by atoms with Crippen molar-refractivity contribution in [3.63, 3.8) is 0 Å². The highest BCUT2D eigenvalue weighted by Crippen LogP contribution is 2.33. The SMILES string of the molecule is OC1C(COc2ccccc2F)OC(n2cnc3c(NC4CCOC4)ncnc32)C1O. The van der Waals surface area contributed by atoms with Gasteiger partial charge >= 0.3 is 0 Å². The number of fused-ring (bicyclic) bond motifs is 1. The van der Waals surface area contributed by atoms with Gasteiger partial charge in [-0.3, -0.25) is 4.57 Å². The van der Waals surface area contributed by atoms with Crippen molar-refractivity contribution in [2.24, 2.45) is 0 Å². The highest BCUT2D eigenvalue weighted by Gasteiger charge is 2.44. The molecule has 5 rings (SSSR count). The zero-order chi connectivity index (χ0) is 21.4. The Morgan fingerprint density at radius 2 is 2.06 bits per heavy atom. The number of aromatic nitrogens is 4. The molecule has 0 saturated carbocycles. The second-order valence-corrected chi connectivity index (χ2v) is 7.54. The summed E-state index contributed by atoms with van der Waals surface area (Å²) in [6.45, 7) is 1.15. The fourth-order valence-electron chi connectivity index (χ4n) is 3.82. The molecule has 3 aromatic rings. The van der Waals surface area contributed by atoms with E-state index in [2.05, 4.69) is 20.3 Å². The number of anilines is 1. The van der Waals surface area contributed by atoms with Crippen LogP contribution < -0.4 is 10.1 Å². The van der Waals surface area contributed by atoms with Crippen molar-refractivity contribution in [1.82, 2.24) is 19.5 Å². The van der Waals surface area contributed by atoms with E-state index in [4.69, 9.17) is 14.2 Å².